The molecule has 12 heavy (non-hydrogen) atoms. The molecule has 0 aliphatic rings. The lowest BCUT2D eigenvalue weighted by molar-refractivity contribution is 0.271. The van der Waals surface area contributed by atoms with Gasteiger partial charge in [-0.1, -0.05) is 0 Å². The Labute approximate surface area is 68.4 Å². The summed E-state index contributed by atoms with van der Waals surface area (Å²) in [6.45, 7) is 0. The fraction of sp³-hybridized carbons (Fsp3) is 0. The third kappa shape index (κ3) is 8.55. The molecule has 0 bridgehead atoms. The van der Waals surface area contributed by atoms with E-state index in [2.05, 4.69) is 8.62 Å². The van der Waals surface area contributed by atoms with E-state index < -0.39 is 24.3 Å². The molecule has 0 amide bonds. The predicted molar refractivity (Wildman–Crippen MR) is 39.5 cm³/mol. The van der Waals surface area contributed by atoms with Crippen LogP contribution < -0.4 is 6.15 Å². The minimum Gasteiger partial charge on any atom is -0.344 e. The van der Waals surface area contributed by atoms with Crippen LogP contribution in [0.2, 0.25) is 0 Å². The van der Waals surface area contributed by atoms with Crippen LogP contribution in [0.15, 0.2) is 0 Å². The van der Waals surface area contributed by atoms with Gasteiger partial charge in [0.05, 0.1) is 0 Å². The van der Waals surface area contributed by atoms with Crippen LogP contribution in [-0.4, -0.2) is 14.7 Å². The molecule has 0 heterocycles. The van der Waals surface area contributed by atoms with E-state index in [9.17, 15) is 13.7 Å². The van der Waals surface area contributed by atoms with E-state index in [1.165, 1.54) is 0 Å². The molecule has 0 radical (unpaired) electrons. The van der Waals surface area contributed by atoms with Gasteiger partial charge in [0.25, 0.3) is 0 Å². The summed E-state index contributed by atoms with van der Waals surface area (Å²) >= 11 is 0. The molecule has 0 fully saturated rings. The average Bonchev–Trinajstić information content (AvgIpc) is 1.53. The van der Waals surface area contributed by atoms with Gasteiger partial charge in [-0.15, -0.1) is 0 Å². The third-order valence-corrected chi connectivity index (χ3v) is 3.48. The average molecular weight is 243 g/mol. The summed E-state index contributed by atoms with van der Waals surface area (Å²) in [4.78, 5) is 24.2. The van der Waals surface area contributed by atoms with E-state index in [-0.39, 0.29) is 6.15 Å². The van der Waals surface area contributed by atoms with Crippen LogP contribution in [0.3, 0.4) is 0 Å². The van der Waals surface area contributed by atoms with Crippen LogP contribution >= 0.6 is 24.3 Å². The second-order valence-electron chi connectivity index (χ2n) is 1.18. The van der Waals surface area contributed by atoms with Crippen LogP contribution in [0.25, 0.3) is 0 Å². The Hall–Kier alpha value is 0.450. The highest BCUT2D eigenvalue weighted by Crippen LogP contribution is 2.55. The molecule has 76 valence electrons. The van der Waals surface area contributed by atoms with Crippen LogP contribution in [0.4, 0.5) is 0 Å². The topological polar surface area (TPSA) is 165 Å². The van der Waals surface area contributed by atoms with Gasteiger partial charge in [-0.3, -0.25) is 9.13 Å². The first-order chi connectivity index (χ1) is 4.83. The fourth-order valence-electron chi connectivity index (χ4n) is 0.216. The summed E-state index contributed by atoms with van der Waals surface area (Å²) in [5, 5.41) is 0. The van der Waals surface area contributed by atoms with Crippen LogP contribution in [0.1, 0.15) is 0 Å². The van der Waals surface area contributed by atoms with Gasteiger partial charge in [0.2, 0.25) is 0 Å². The minimum absolute atomic E-state index is 0. The van der Waals surface area contributed by atoms with Gasteiger partial charge >= 0.3 is 24.3 Å². The molecule has 9 nitrogen and oxygen atoms in total. The van der Waals surface area contributed by atoms with Gasteiger partial charge in [-0.05, 0) is 0 Å². The summed E-state index contributed by atoms with van der Waals surface area (Å²) < 4.78 is 36.6. The normalized spacial score (nSPS) is 20.2. The summed E-state index contributed by atoms with van der Waals surface area (Å²) in [6.07, 6.45) is 0. The Morgan fingerprint density at radius 3 is 1.50 bits per heavy atom. The van der Waals surface area contributed by atoms with Crippen molar-refractivity contribution in [3.8, 4) is 0 Å². The second kappa shape index (κ2) is 5.99. The number of hydrogen-bond acceptors (Lipinski definition) is 6. The van der Waals surface area contributed by atoms with Crippen molar-refractivity contribution in [3.63, 3.8) is 0 Å². The zero-order valence-electron chi connectivity index (χ0n) is 5.54. The lowest BCUT2D eigenvalue weighted by Gasteiger charge is -2.05. The van der Waals surface area contributed by atoms with Crippen molar-refractivity contribution in [3.05, 3.63) is 0 Å². The van der Waals surface area contributed by atoms with Crippen molar-refractivity contribution in [2.75, 3.05) is 0 Å². The standard InChI is InChI=1S/H3N.H5O8P3/c;1-9(2)7-11(5,6)8-10(3)4/h1H3;9-10H,(H,1,2)(H,3,4)(H,5,6). The lowest BCUT2D eigenvalue weighted by atomic mass is 14.0. The van der Waals surface area contributed by atoms with E-state index in [0.717, 1.165) is 0 Å². The largest absolute Gasteiger partial charge is 0.486 e. The maximum atomic E-state index is 10.3. The quantitative estimate of drug-likeness (QED) is 0.498. The molecule has 0 aromatic carbocycles. The maximum absolute atomic E-state index is 10.3. The molecule has 0 spiro atoms. The summed E-state index contributed by atoms with van der Waals surface area (Å²) in [7, 11) is -12.2. The molecular weight excluding hydrogens is 235 g/mol. The second-order valence-corrected chi connectivity index (χ2v) is 4.64. The van der Waals surface area contributed by atoms with Gasteiger partial charge in [-0.2, -0.15) is 0 Å². The molecule has 0 aromatic heterocycles. The molecule has 2 atom stereocenters. The smallest absolute Gasteiger partial charge is 0.344 e. The number of rotatable bonds is 4. The minimum atomic E-state index is -4.84. The molecule has 2 unspecified atom stereocenters. The van der Waals surface area contributed by atoms with E-state index in [0.29, 0.717) is 0 Å². The van der Waals surface area contributed by atoms with Gasteiger partial charge in [0.15, 0.2) is 0 Å². The van der Waals surface area contributed by atoms with Crippen molar-refractivity contribution < 1.29 is 37.0 Å². The van der Waals surface area contributed by atoms with Crippen molar-refractivity contribution in [1.82, 2.24) is 6.15 Å². The molecule has 12 heteroatoms. The zero-order chi connectivity index (χ0) is 9.07. The Morgan fingerprint density at radius 1 is 1.08 bits per heavy atom. The monoisotopic (exact) mass is 243 g/mol. The Morgan fingerprint density at radius 2 is 1.33 bits per heavy atom. The highest BCUT2D eigenvalue weighted by atomic mass is 31.3. The van der Waals surface area contributed by atoms with Crippen molar-refractivity contribution >= 4 is 24.3 Å². The van der Waals surface area contributed by atoms with Gasteiger partial charge in [0, 0.05) is 0 Å². The highest BCUT2D eigenvalue weighted by Gasteiger charge is 2.25. The lowest BCUT2D eigenvalue weighted by Crippen LogP contribution is -1.81. The van der Waals surface area contributed by atoms with Crippen LogP contribution in [0.5, 0.6) is 0 Å². The van der Waals surface area contributed by atoms with Crippen molar-refractivity contribution in [1.29, 1.82) is 0 Å². The molecule has 0 saturated heterocycles. The Balaban J connectivity index is 0. The Kier molecular flexibility index (Phi) is 7.46. The number of phosphoric acid groups is 1. The molecule has 6 N–H and O–H groups in total. The first-order valence-corrected chi connectivity index (χ1v) is 6.03. The van der Waals surface area contributed by atoms with E-state index in [4.69, 9.17) is 14.7 Å². The zero-order valence-corrected chi connectivity index (χ0v) is 8.43. The maximum Gasteiger partial charge on any atom is 0.486 e. The molecule has 0 rings (SSSR count). The van der Waals surface area contributed by atoms with E-state index in [1.807, 2.05) is 0 Å². The van der Waals surface area contributed by atoms with Crippen molar-refractivity contribution in [2.24, 2.45) is 0 Å². The summed E-state index contributed by atoms with van der Waals surface area (Å²) in [5.41, 5.74) is 0. The summed E-state index contributed by atoms with van der Waals surface area (Å²) in [5.74, 6) is 0. The summed E-state index contributed by atoms with van der Waals surface area (Å²) in [6, 6.07) is 0. The van der Waals surface area contributed by atoms with Gasteiger partial charge in [0.1, 0.15) is 0 Å². The van der Waals surface area contributed by atoms with Crippen LogP contribution in [0, 0.1) is 0 Å². The van der Waals surface area contributed by atoms with Gasteiger partial charge < -0.3 is 20.8 Å². The first-order valence-electron chi connectivity index (χ1n) is 2.01. The molecule has 0 saturated carbocycles. The van der Waals surface area contributed by atoms with Crippen LogP contribution in [-0.2, 0) is 22.3 Å². The predicted octanol–water partition coefficient (Wildman–Crippen LogP) is 0.0460. The molecule has 0 aliphatic heterocycles. The van der Waals surface area contributed by atoms with Gasteiger partial charge in [-0.25, -0.2) is 13.2 Å². The first kappa shape index (κ1) is 14.9. The van der Waals surface area contributed by atoms with E-state index in [1.54, 1.807) is 0 Å². The molecule has 0 aromatic rings. The van der Waals surface area contributed by atoms with Crippen molar-refractivity contribution in [2.45, 2.75) is 0 Å². The van der Waals surface area contributed by atoms with E-state index >= 15 is 0 Å². The molecular formula is H8NO8P3. The highest BCUT2D eigenvalue weighted by molar-refractivity contribution is 7.60. The number of hydrogen-bond donors (Lipinski definition) is 4. The fourth-order valence-corrected chi connectivity index (χ4v) is 2.28. The molecule has 0 aliphatic carbocycles. The Bertz CT molecular complexity index is 200. The third-order valence-electron chi connectivity index (χ3n) is 0.387. The SMILES string of the molecule is N.O=[PH](O)OP(=O)(O)O[PH](=O)O.